The first-order valence-electron chi connectivity index (χ1n) is 8.73. The highest BCUT2D eigenvalue weighted by atomic mass is 32.2. The Morgan fingerprint density at radius 1 is 1.17 bits per heavy atom. The second-order valence-electron chi connectivity index (χ2n) is 5.91. The number of nitrogens with one attached hydrogen (secondary N) is 1. The standard InChI is InChI=1S/C19H22N4O5S/c1-25-15-8-17(27-3)16(26-2)7-13(15)9-20-18(24)11-29-19-22-21-12-23(19)10-14-5-4-6-28-14/h4-8,12H,9-11H2,1-3H3,(H,20,24). The molecule has 0 aliphatic rings. The second kappa shape index (κ2) is 9.87. The van der Waals surface area contributed by atoms with Gasteiger partial charge in [-0.3, -0.25) is 4.79 Å². The van der Waals surface area contributed by atoms with Crippen LogP contribution in [0.4, 0.5) is 0 Å². The van der Waals surface area contributed by atoms with Crippen molar-refractivity contribution in [3.05, 3.63) is 48.2 Å². The van der Waals surface area contributed by atoms with Crippen LogP contribution in [0.15, 0.2) is 46.4 Å². The first-order chi connectivity index (χ1) is 14.1. The highest BCUT2D eigenvalue weighted by molar-refractivity contribution is 7.99. The predicted octanol–water partition coefficient (Wildman–Crippen LogP) is 2.35. The van der Waals surface area contributed by atoms with Crippen molar-refractivity contribution in [3.63, 3.8) is 0 Å². The van der Waals surface area contributed by atoms with Crippen LogP contribution in [-0.4, -0.2) is 47.8 Å². The Morgan fingerprint density at radius 2 is 1.93 bits per heavy atom. The summed E-state index contributed by atoms with van der Waals surface area (Å²) in [6.07, 6.45) is 3.22. The molecule has 29 heavy (non-hydrogen) atoms. The average Bonchev–Trinajstić information content (AvgIpc) is 3.42. The van der Waals surface area contributed by atoms with Crippen molar-refractivity contribution in [2.24, 2.45) is 0 Å². The number of carbonyl (C=O) groups is 1. The Balaban J connectivity index is 1.56. The first kappa shape index (κ1) is 20.6. The number of ether oxygens (including phenoxy) is 3. The quantitative estimate of drug-likeness (QED) is 0.501. The summed E-state index contributed by atoms with van der Waals surface area (Å²) in [5.41, 5.74) is 0.782. The van der Waals surface area contributed by atoms with Gasteiger partial charge in [0, 0.05) is 18.2 Å². The Morgan fingerprint density at radius 3 is 2.62 bits per heavy atom. The van der Waals surface area contributed by atoms with Crippen LogP contribution in [0.25, 0.3) is 0 Å². The summed E-state index contributed by atoms with van der Waals surface area (Å²) >= 11 is 1.30. The maximum Gasteiger partial charge on any atom is 0.230 e. The molecular formula is C19H22N4O5S. The number of benzene rings is 1. The minimum atomic E-state index is -0.139. The zero-order valence-corrected chi connectivity index (χ0v) is 17.2. The van der Waals surface area contributed by atoms with E-state index in [1.165, 1.54) is 11.8 Å². The smallest absolute Gasteiger partial charge is 0.230 e. The topological polar surface area (TPSA) is 101 Å². The van der Waals surface area contributed by atoms with Crippen LogP contribution in [0.5, 0.6) is 17.2 Å². The minimum absolute atomic E-state index is 0.139. The van der Waals surface area contributed by atoms with Crippen LogP contribution in [0, 0.1) is 0 Å². The molecule has 0 radical (unpaired) electrons. The molecule has 1 amide bonds. The number of rotatable bonds is 10. The molecule has 10 heteroatoms. The minimum Gasteiger partial charge on any atom is -0.496 e. The molecule has 0 bridgehead atoms. The number of nitrogens with zero attached hydrogens (tertiary/aromatic N) is 3. The molecule has 0 saturated heterocycles. The van der Waals surface area contributed by atoms with E-state index >= 15 is 0 Å². The number of hydrogen-bond donors (Lipinski definition) is 1. The Hall–Kier alpha value is -3.14. The van der Waals surface area contributed by atoms with Gasteiger partial charge in [0.2, 0.25) is 5.91 Å². The fourth-order valence-electron chi connectivity index (χ4n) is 2.64. The normalized spacial score (nSPS) is 10.6. The van der Waals surface area contributed by atoms with E-state index in [1.54, 1.807) is 46.1 Å². The van der Waals surface area contributed by atoms with Gasteiger partial charge < -0.3 is 28.5 Å². The van der Waals surface area contributed by atoms with Crippen LogP contribution in [-0.2, 0) is 17.9 Å². The van der Waals surface area contributed by atoms with E-state index in [0.29, 0.717) is 35.5 Å². The summed E-state index contributed by atoms with van der Waals surface area (Å²) in [6.45, 7) is 0.800. The molecule has 0 atom stereocenters. The zero-order chi connectivity index (χ0) is 20.6. The molecule has 154 valence electrons. The van der Waals surface area contributed by atoms with Gasteiger partial charge in [0.15, 0.2) is 16.7 Å². The summed E-state index contributed by atoms with van der Waals surface area (Å²) in [5, 5.41) is 11.5. The molecule has 1 aromatic carbocycles. The lowest BCUT2D eigenvalue weighted by Crippen LogP contribution is -2.25. The van der Waals surface area contributed by atoms with Crippen molar-refractivity contribution in [1.82, 2.24) is 20.1 Å². The van der Waals surface area contributed by atoms with Gasteiger partial charge in [0.05, 0.1) is 39.9 Å². The van der Waals surface area contributed by atoms with Gasteiger partial charge in [0.1, 0.15) is 17.8 Å². The SMILES string of the molecule is COc1cc(OC)c(OC)cc1CNC(=O)CSc1nncn1Cc1ccco1. The molecule has 9 nitrogen and oxygen atoms in total. The summed E-state index contributed by atoms with van der Waals surface area (Å²) in [6, 6.07) is 7.21. The third-order valence-corrected chi connectivity index (χ3v) is 5.06. The van der Waals surface area contributed by atoms with Gasteiger partial charge in [0.25, 0.3) is 0 Å². The maximum atomic E-state index is 12.3. The third kappa shape index (κ3) is 5.23. The van der Waals surface area contributed by atoms with Crippen molar-refractivity contribution in [2.75, 3.05) is 27.1 Å². The van der Waals surface area contributed by atoms with Crippen molar-refractivity contribution in [1.29, 1.82) is 0 Å². The van der Waals surface area contributed by atoms with Gasteiger partial charge >= 0.3 is 0 Å². The second-order valence-corrected chi connectivity index (χ2v) is 6.85. The van der Waals surface area contributed by atoms with Crippen LogP contribution in [0.3, 0.4) is 0 Å². The molecule has 0 aliphatic carbocycles. The average molecular weight is 418 g/mol. The molecule has 0 unspecified atom stereocenters. The Kier molecular flexibility index (Phi) is 7.01. The number of methoxy groups -OCH3 is 3. The highest BCUT2D eigenvalue weighted by Gasteiger charge is 2.14. The summed E-state index contributed by atoms with van der Waals surface area (Å²) in [5.74, 6) is 2.58. The van der Waals surface area contributed by atoms with Gasteiger partial charge in [-0.2, -0.15) is 0 Å². The monoisotopic (exact) mass is 418 g/mol. The molecule has 1 N–H and O–H groups in total. The van der Waals surface area contributed by atoms with Gasteiger partial charge in [-0.15, -0.1) is 10.2 Å². The lowest BCUT2D eigenvalue weighted by Gasteiger charge is -2.14. The number of furan rings is 1. The number of amides is 1. The first-order valence-corrected chi connectivity index (χ1v) is 9.71. The molecule has 3 rings (SSSR count). The van der Waals surface area contributed by atoms with E-state index in [4.69, 9.17) is 18.6 Å². The Bertz CT molecular complexity index is 942. The van der Waals surface area contributed by atoms with E-state index in [-0.39, 0.29) is 11.7 Å². The summed E-state index contributed by atoms with van der Waals surface area (Å²) in [7, 11) is 4.68. The third-order valence-electron chi connectivity index (χ3n) is 4.08. The predicted molar refractivity (Wildman–Crippen MR) is 107 cm³/mol. The van der Waals surface area contributed by atoms with Gasteiger partial charge in [-0.1, -0.05) is 11.8 Å². The number of thioether (sulfide) groups is 1. The molecule has 0 spiro atoms. The fraction of sp³-hybridized carbons (Fsp3) is 0.316. The molecule has 2 heterocycles. The lowest BCUT2D eigenvalue weighted by atomic mass is 10.1. The van der Waals surface area contributed by atoms with E-state index in [0.717, 1.165) is 11.3 Å². The van der Waals surface area contributed by atoms with Crippen LogP contribution >= 0.6 is 11.8 Å². The summed E-state index contributed by atoms with van der Waals surface area (Å²) in [4.78, 5) is 12.3. The zero-order valence-electron chi connectivity index (χ0n) is 16.4. The number of carbonyl (C=O) groups excluding carboxylic acids is 1. The van der Waals surface area contributed by atoms with Crippen LogP contribution < -0.4 is 19.5 Å². The van der Waals surface area contributed by atoms with Crippen LogP contribution in [0.1, 0.15) is 11.3 Å². The van der Waals surface area contributed by atoms with E-state index < -0.39 is 0 Å². The van der Waals surface area contributed by atoms with E-state index in [9.17, 15) is 4.79 Å². The molecule has 0 saturated carbocycles. The van der Waals surface area contributed by atoms with Crippen LogP contribution in [0.2, 0.25) is 0 Å². The van der Waals surface area contributed by atoms with E-state index in [2.05, 4.69) is 15.5 Å². The van der Waals surface area contributed by atoms with Crippen molar-refractivity contribution < 1.29 is 23.4 Å². The molecule has 0 fully saturated rings. The molecular weight excluding hydrogens is 396 g/mol. The van der Waals surface area contributed by atoms with Gasteiger partial charge in [-0.25, -0.2) is 0 Å². The summed E-state index contributed by atoms with van der Waals surface area (Å²) < 4.78 is 23.1. The lowest BCUT2D eigenvalue weighted by molar-refractivity contribution is -0.118. The maximum absolute atomic E-state index is 12.3. The largest absolute Gasteiger partial charge is 0.496 e. The molecule has 2 aromatic heterocycles. The van der Waals surface area contributed by atoms with Gasteiger partial charge in [-0.05, 0) is 18.2 Å². The Labute approximate surface area is 172 Å². The van der Waals surface area contributed by atoms with E-state index in [1.807, 2.05) is 16.7 Å². The molecule has 0 aliphatic heterocycles. The molecule has 3 aromatic rings. The highest BCUT2D eigenvalue weighted by Crippen LogP contribution is 2.34. The van der Waals surface area contributed by atoms with Crippen molar-refractivity contribution >= 4 is 17.7 Å². The fourth-order valence-corrected chi connectivity index (χ4v) is 3.39. The van der Waals surface area contributed by atoms with Crippen molar-refractivity contribution in [2.45, 2.75) is 18.2 Å². The number of aromatic nitrogens is 3. The number of hydrogen-bond acceptors (Lipinski definition) is 8. The van der Waals surface area contributed by atoms with Crippen molar-refractivity contribution in [3.8, 4) is 17.2 Å².